The minimum atomic E-state index is 0.909. The van der Waals surface area contributed by atoms with Crippen LogP contribution in [0.5, 0.6) is 0 Å². The van der Waals surface area contributed by atoms with Crippen LogP contribution >= 0.6 is 22.7 Å². The Balaban J connectivity index is 2.35. The molecule has 1 radical (unpaired) electrons. The van der Waals surface area contributed by atoms with Gasteiger partial charge < -0.3 is 5.32 Å². The maximum absolute atomic E-state index is 4.21. The molecule has 1 N–H and O–H groups in total. The van der Waals surface area contributed by atoms with Crippen LogP contribution in [0, 0.1) is 5.51 Å². The molecule has 2 aromatic heterocycles. The zero-order valence-corrected chi connectivity index (χ0v) is 8.00. The van der Waals surface area contributed by atoms with Gasteiger partial charge in [-0.25, -0.2) is 9.97 Å². The standard InChI is InChI=1S/C7H6N3S2/c1-8-6-2-9-7(12-6)5-3-11-4-10-5/h2-3,8H,1H3. The van der Waals surface area contributed by atoms with Crippen LogP contribution in [0.15, 0.2) is 11.6 Å². The SMILES string of the molecule is CNc1cnc(-c2cs[c]n2)s1. The zero-order chi connectivity index (χ0) is 8.39. The number of hydrogen-bond donors (Lipinski definition) is 1. The van der Waals surface area contributed by atoms with Crippen LogP contribution < -0.4 is 5.32 Å². The normalized spacial score (nSPS) is 10.1. The average molecular weight is 196 g/mol. The summed E-state index contributed by atoms with van der Waals surface area (Å²) in [5, 5.41) is 6.97. The molecule has 0 aliphatic rings. The van der Waals surface area contributed by atoms with Crippen molar-refractivity contribution in [3.8, 4) is 10.7 Å². The predicted octanol–water partition coefficient (Wildman–Crippen LogP) is 2.11. The first-order valence-corrected chi connectivity index (χ1v) is 5.05. The van der Waals surface area contributed by atoms with E-state index in [1.54, 1.807) is 17.5 Å². The molecule has 2 aromatic rings. The third-order valence-electron chi connectivity index (χ3n) is 1.36. The van der Waals surface area contributed by atoms with Gasteiger partial charge in [0.25, 0.3) is 0 Å². The summed E-state index contributed by atoms with van der Waals surface area (Å²) < 4.78 is 0. The summed E-state index contributed by atoms with van der Waals surface area (Å²) >= 11 is 3.05. The fraction of sp³-hybridized carbons (Fsp3) is 0.143. The number of rotatable bonds is 2. The monoisotopic (exact) mass is 196 g/mol. The Kier molecular flexibility index (Phi) is 2.05. The minimum absolute atomic E-state index is 0.909. The lowest BCUT2D eigenvalue weighted by atomic mass is 10.5. The Bertz CT molecular complexity index is 352. The molecule has 3 nitrogen and oxygen atoms in total. The summed E-state index contributed by atoms with van der Waals surface area (Å²) in [6.07, 6.45) is 1.80. The smallest absolute Gasteiger partial charge is 0.152 e. The van der Waals surface area contributed by atoms with Crippen molar-refractivity contribution in [1.82, 2.24) is 9.97 Å². The van der Waals surface area contributed by atoms with E-state index in [4.69, 9.17) is 0 Å². The third-order valence-corrected chi connectivity index (χ3v) is 2.94. The second kappa shape index (κ2) is 3.20. The van der Waals surface area contributed by atoms with Crippen molar-refractivity contribution in [3.05, 3.63) is 17.1 Å². The molecular formula is C7H6N3S2. The van der Waals surface area contributed by atoms with Crippen molar-refractivity contribution in [1.29, 1.82) is 0 Å². The Morgan fingerprint density at radius 2 is 2.50 bits per heavy atom. The fourth-order valence-electron chi connectivity index (χ4n) is 0.790. The largest absolute Gasteiger partial charge is 0.379 e. The highest BCUT2D eigenvalue weighted by molar-refractivity contribution is 7.19. The quantitative estimate of drug-likeness (QED) is 0.799. The summed E-state index contributed by atoms with van der Waals surface area (Å²) in [7, 11) is 1.88. The van der Waals surface area contributed by atoms with Crippen LogP contribution in [0.2, 0.25) is 0 Å². The maximum Gasteiger partial charge on any atom is 0.152 e. The summed E-state index contributed by atoms with van der Waals surface area (Å²) in [5.41, 5.74) is 3.70. The fourth-order valence-corrected chi connectivity index (χ4v) is 2.08. The Labute approximate surface area is 78.1 Å². The molecule has 12 heavy (non-hydrogen) atoms. The van der Waals surface area contributed by atoms with E-state index < -0.39 is 0 Å². The molecule has 2 rings (SSSR count). The van der Waals surface area contributed by atoms with Gasteiger partial charge in [-0.1, -0.05) is 11.3 Å². The van der Waals surface area contributed by atoms with Crippen molar-refractivity contribution in [2.75, 3.05) is 12.4 Å². The van der Waals surface area contributed by atoms with Crippen LogP contribution in [0.4, 0.5) is 5.00 Å². The Morgan fingerprint density at radius 3 is 3.08 bits per heavy atom. The summed E-state index contributed by atoms with van der Waals surface area (Å²) in [6.45, 7) is 0. The van der Waals surface area contributed by atoms with E-state index in [1.807, 2.05) is 12.4 Å². The highest BCUT2D eigenvalue weighted by atomic mass is 32.1. The second-order valence-corrected chi connectivity index (χ2v) is 3.79. The lowest BCUT2D eigenvalue weighted by Gasteiger charge is -1.87. The number of aromatic nitrogens is 2. The van der Waals surface area contributed by atoms with Crippen LogP contribution in [0.3, 0.4) is 0 Å². The minimum Gasteiger partial charge on any atom is -0.379 e. The second-order valence-electron chi connectivity index (χ2n) is 2.10. The van der Waals surface area contributed by atoms with E-state index in [1.165, 1.54) is 11.3 Å². The van der Waals surface area contributed by atoms with Gasteiger partial charge >= 0.3 is 0 Å². The highest BCUT2D eigenvalue weighted by Crippen LogP contribution is 2.27. The lowest BCUT2D eigenvalue weighted by molar-refractivity contribution is 1.34. The van der Waals surface area contributed by atoms with Gasteiger partial charge in [-0.2, -0.15) is 0 Å². The summed E-state index contributed by atoms with van der Waals surface area (Å²) in [4.78, 5) is 8.26. The van der Waals surface area contributed by atoms with Crippen LogP contribution in [0.25, 0.3) is 10.7 Å². The first-order valence-electron chi connectivity index (χ1n) is 3.35. The molecule has 61 valence electrons. The summed E-state index contributed by atoms with van der Waals surface area (Å²) in [5.74, 6) is 0. The van der Waals surface area contributed by atoms with Gasteiger partial charge in [0.15, 0.2) is 5.51 Å². The maximum atomic E-state index is 4.21. The van der Waals surface area contributed by atoms with E-state index in [-0.39, 0.29) is 0 Å². The number of hydrogen-bond acceptors (Lipinski definition) is 5. The molecule has 0 saturated carbocycles. The third kappa shape index (κ3) is 1.33. The first-order chi connectivity index (χ1) is 5.90. The topological polar surface area (TPSA) is 37.8 Å². The molecular weight excluding hydrogens is 190 g/mol. The molecule has 0 spiro atoms. The van der Waals surface area contributed by atoms with Crippen molar-refractivity contribution in [3.63, 3.8) is 0 Å². The van der Waals surface area contributed by atoms with E-state index in [0.717, 1.165) is 15.7 Å². The van der Waals surface area contributed by atoms with Gasteiger partial charge in [0.1, 0.15) is 15.7 Å². The summed E-state index contributed by atoms with van der Waals surface area (Å²) in [6, 6.07) is 0. The first kappa shape index (κ1) is 7.70. The van der Waals surface area contributed by atoms with Gasteiger partial charge in [0, 0.05) is 12.4 Å². The molecule has 0 fully saturated rings. The number of nitrogens with zero attached hydrogens (tertiary/aromatic N) is 2. The van der Waals surface area contributed by atoms with Crippen molar-refractivity contribution < 1.29 is 0 Å². The molecule has 5 heteroatoms. The van der Waals surface area contributed by atoms with Crippen molar-refractivity contribution >= 4 is 27.7 Å². The number of anilines is 1. The number of nitrogens with one attached hydrogen (secondary N) is 1. The Hall–Kier alpha value is -0.940. The van der Waals surface area contributed by atoms with Gasteiger partial charge in [-0.15, -0.1) is 11.3 Å². The Morgan fingerprint density at radius 1 is 1.58 bits per heavy atom. The zero-order valence-electron chi connectivity index (χ0n) is 6.37. The molecule has 2 heterocycles. The molecule has 0 aromatic carbocycles. The number of thiazole rings is 2. The molecule has 0 bridgehead atoms. The highest BCUT2D eigenvalue weighted by Gasteiger charge is 2.04. The molecule has 0 amide bonds. The van der Waals surface area contributed by atoms with E-state index in [9.17, 15) is 0 Å². The molecule has 0 aliphatic heterocycles. The van der Waals surface area contributed by atoms with Gasteiger partial charge in [-0.05, 0) is 0 Å². The van der Waals surface area contributed by atoms with Crippen molar-refractivity contribution in [2.24, 2.45) is 0 Å². The van der Waals surface area contributed by atoms with E-state index in [0.29, 0.717) is 0 Å². The van der Waals surface area contributed by atoms with Crippen LogP contribution in [-0.2, 0) is 0 Å². The molecule has 0 atom stereocenters. The van der Waals surface area contributed by atoms with Crippen molar-refractivity contribution in [2.45, 2.75) is 0 Å². The molecule has 0 aliphatic carbocycles. The van der Waals surface area contributed by atoms with Crippen LogP contribution in [0.1, 0.15) is 0 Å². The van der Waals surface area contributed by atoms with E-state index >= 15 is 0 Å². The predicted molar refractivity (Wildman–Crippen MR) is 51.6 cm³/mol. The molecule has 0 unspecified atom stereocenters. The van der Waals surface area contributed by atoms with Gasteiger partial charge in [0.2, 0.25) is 0 Å². The van der Waals surface area contributed by atoms with Gasteiger partial charge in [-0.3, -0.25) is 0 Å². The average Bonchev–Trinajstić information content (AvgIpc) is 2.75. The van der Waals surface area contributed by atoms with E-state index in [2.05, 4.69) is 20.8 Å². The molecule has 0 saturated heterocycles. The lowest BCUT2D eigenvalue weighted by Crippen LogP contribution is -1.80. The van der Waals surface area contributed by atoms with Gasteiger partial charge in [0.05, 0.1) is 6.20 Å². The van der Waals surface area contributed by atoms with Crippen LogP contribution in [-0.4, -0.2) is 17.0 Å².